The van der Waals surface area contributed by atoms with E-state index in [2.05, 4.69) is 53.1 Å². The number of benzene rings is 1. The van der Waals surface area contributed by atoms with Gasteiger partial charge in [-0.25, -0.2) is 0 Å². The molecule has 1 amide bonds. The van der Waals surface area contributed by atoms with E-state index in [4.69, 9.17) is 4.42 Å². The highest BCUT2D eigenvalue weighted by atomic mass is 79.9. The van der Waals surface area contributed by atoms with Gasteiger partial charge in [-0.1, -0.05) is 15.9 Å². The van der Waals surface area contributed by atoms with Gasteiger partial charge in [0.2, 0.25) is 0 Å². The number of carbonyl (C=O) groups excluding carboxylic acids is 1. The highest BCUT2D eigenvalue weighted by molar-refractivity contribution is 9.11. The van der Waals surface area contributed by atoms with Crippen LogP contribution in [0.15, 0.2) is 36.0 Å². The lowest BCUT2D eigenvalue weighted by atomic mass is 10.2. The standard InChI is InChI=1S/C13H10Br3NO2/c1-6-11(12(16)7(2)19-6)13(18)17-10-4-3-8(14)5-9(10)15/h3-5H,1-2H3,(H,17,18). The van der Waals surface area contributed by atoms with Gasteiger partial charge < -0.3 is 9.73 Å². The molecular formula is C13H10Br3NO2. The number of carbonyl (C=O) groups is 1. The summed E-state index contributed by atoms with van der Waals surface area (Å²) in [6.45, 7) is 3.58. The van der Waals surface area contributed by atoms with Crippen LogP contribution in [0.3, 0.4) is 0 Å². The number of halogens is 3. The predicted octanol–water partition coefficient (Wildman–Crippen LogP) is 5.44. The molecule has 1 aromatic heterocycles. The zero-order chi connectivity index (χ0) is 14.2. The highest BCUT2D eigenvalue weighted by Gasteiger charge is 2.20. The average Bonchev–Trinajstić information content (AvgIpc) is 2.57. The van der Waals surface area contributed by atoms with Crippen molar-refractivity contribution in [1.29, 1.82) is 0 Å². The Balaban J connectivity index is 2.31. The van der Waals surface area contributed by atoms with Crippen molar-refractivity contribution in [3.8, 4) is 0 Å². The summed E-state index contributed by atoms with van der Waals surface area (Å²) in [5.74, 6) is 1.08. The zero-order valence-electron chi connectivity index (χ0n) is 10.2. The molecule has 1 aromatic carbocycles. The smallest absolute Gasteiger partial charge is 0.260 e. The van der Waals surface area contributed by atoms with Crippen molar-refractivity contribution in [2.75, 3.05) is 5.32 Å². The van der Waals surface area contributed by atoms with Crippen LogP contribution in [0.25, 0.3) is 0 Å². The second-order valence-electron chi connectivity index (χ2n) is 3.98. The van der Waals surface area contributed by atoms with Crippen LogP contribution < -0.4 is 5.32 Å². The number of hydrogen-bond acceptors (Lipinski definition) is 2. The van der Waals surface area contributed by atoms with E-state index in [1.54, 1.807) is 6.92 Å². The Morgan fingerprint density at radius 3 is 2.37 bits per heavy atom. The molecule has 0 radical (unpaired) electrons. The number of furan rings is 1. The number of aryl methyl sites for hydroxylation is 2. The van der Waals surface area contributed by atoms with E-state index >= 15 is 0 Å². The number of rotatable bonds is 2. The van der Waals surface area contributed by atoms with Gasteiger partial charge in [0, 0.05) is 8.95 Å². The third kappa shape index (κ3) is 3.12. The van der Waals surface area contributed by atoms with Gasteiger partial charge in [0.15, 0.2) is 0 Å². The van der Waals surface area contributed by atoms with Crippen LogP contribution >= 0.6 is 47.8 Å². The van der Waals surface area contributed by atoms with E-state index in [1.165, 1.54) is 0 Å². The Kier molecular flexibility index (Phi) is 4.53. The quantitative estimate of drug-likeness (QED) is 0.661. The van der Waals surface area contributed by atoms with E-state index in [0.29, 0.717) is 27.2 Å². The van der Waals surface area contributed by atoms with Crippen LogP contribution in [0.1, 0.15) is 21.9 Å². The molecule has 19 heavy (non-hydrogen) atoms. The molecule has 0 saturated carbocycles. The molecule has 1 heterocycles. The predicted molar refractivity (Wildman–Crippen MR) is 85.7 cm³/mol. The molecule has 3 nitrogen and oxygen atoms in total. The first-order valence-electron chi connectivity index (χ1n) is 5.42. The van der Waals surface area contributed by atoms with Crippen LogP contribution in [0.4, 0.5) is 5.69 Å². The molecule has 0 atom stereocenters. The molecule has 1 N–H and O–H groups in total. The highest BCUT2D eigenvalue weighted by Crippen LogP contribution is 2.30. The first kappa shape index (κ1) is 14.8. The minimum Gasteiger partial charge on any atom is -0.465 e. The summed E-state index contributed by atoms with van der Waals surface area (Å²) in [6, 6.07) is 5.56. The van der Waals surface area contributed by atoms with Gasteiger partial charge in [0.25, 0.3) is 5.91 Å². The lowest BCUT2D eigenvalue weighted by Crippen LogP contribution is -2.13. The van der Waals surface area contributed by atoms with Crippen molar-refractivity contribution in [1.82, 2.24) is 0 Å². The van der Waals surface area contributed by atoms with Crippen LogP contribution in [-0.2, 0) is 0 Å². The van der Waals surface area contributed by atoms with Crippen molar-refractivity contribution in [3.05, 3.63) is 48.7 Å². The molecule has 2 rings (SSSR count). The van der Waals surface area contributed by atoms with Crippen LogP contribution in [0.2, 0.25) is 0 Å². The van der Waals surface area contributed by atoms with E-state index in [9.17, 15) is 4.79 Å². The van der Waals surface area contributed by atoms with E-state index in [-0.39, 0.29) is 5.91 Å². The molecule has 2 aromatic rings. The van der Waals surface area contributed by atoms with Gasteiger partial charge >= 0.3 is 0 Å². The average molecular weight is 452 g/mol. The maximum Gasteiger partial charge on any atom is 0.260 e. The third-order valence-electron chi connectivity index (χ3n) is 2.59. The summed E-state index contributed by atoms with van der Waals surface area (Å²) in [5, 5.41) is 2.85. The molecule has 6 heteroatoms. The molecule has 0 aliphatic rings. The maximum atomic E-state index is 12.3. The van der Waals surface area contributed by atoms with Gasteiger partial charge in [-0.2, -0.15) is 0 Å². The first-order valence-corrected chi connectivity index (χ1v) is 7.80. The maximum absolute atomic E-state index is 12.3. The van der Waals surface area contributed by atoms with E-state index in [0.717, 1.165) is 8.95 Å². The summed E-state index contributed by atoms with van der Waals surface area (Å²) < 4.78 is 7.87. The summed E-state index contributed by atoms with van der Waals surface area (Å²) in [6.07, 6.45) is 0. The van der Waals surface area contributed by atoms with Crippen molar-refractivity contribution in [3.63, 3.8) is 0 Å². The molecule has 0 spiro atoms. The van der Waals surface area contributed by atoms with Crippen molar-refractivity contribution in [2.24, 2.45) is 0 Å². The van der Waals surface area contributed by atoms with Gasteiger partial charge in [-0.3, -0.25) is 4.79 Å². The molecule has 0 aliphatic carbocycles. The summed E-state index contributed by atoms with van der Waals surface area (Å²) in [4.78, 5) is 12.3. The molecule has 0 saturated heterocycles. The molecule has 0 unspecified atom stereocenters. The van der Waals surface area contributed by atoms with Crippen molar-refractivity contribution in [2.45, 2.75) is 13.8 Å². The molecule has 100 valence electrons. The van der Waals surface area contributed by atoms with Gasteiger partial charge in [0.05, 0.1) is 15.7 Å². The first-order chi connectivity index (χ1) is 8.90. The second kappa shape index (κ2) is 5.81. The Bertz CT molecular complexity index is 650. The van der Waals surface area contributed by atoms with Crippen LogP contribution in [0, 0.1) is 13.8 Å². The van der Waals surface area contributed by atoms with Gasteiger partial charge in [-0.05, 0) is 63.9 Å². The summed E-state index contributed by atoms with van der Waals surface area (Å²) in [5.41, 5.74) is 1.23. The van der Waals surface area contributed by atoms with Gasteiger partial charge in [-0.15, -0.1) is 0 Å². The lowest BCUT2D eigenvalue weighted by Gasteiger charge is -2.07. The minimum absolute atomic E-state index is 0.204. The largest absolute Gasteiger partial charge is 0.465 e. The fraction of sp³-hybridized carbons (Fsp3) is 0.154. The number of anilines is 1. The summed E-state index contributed by atoms with van der Waals surface area (Å²) in [7, 11) is 0. The molecular weight excluding hydrogens is 442 g/mol. The number of nitrogens with one attached hydrogen (secondary N) is 1. The van der Waals surface area contributed by atoms with Crippen molar-refractivity contribution >= 4 is 59.4 Å². The van der Waals surface area contributed by atoms with E-state index in [1.807, 2.05) is 25.1 Å². The topological polar surface area (TPSA) is 42.2 Å². The summed E-state index contributed by atoms with van der Waals surface area (Å²) >= 11 is 10.2. The van der Waals surface area contributed by atoms with Crippen molar-refractivity contribution < 1.29 is 9.21 Å². The molecule has 0 aliphatic heterocycles. The number of amides is 1. The third-order valence-corrected chi connectivity index (χ3v) is 4.70. The Labute approximate surface area is 136 Å². The van der Waals surface area contributed by atoms with E-state index < -0.39 is 0 Å². The monoisotopic (exact) mass is 449 g/mol. The zero-order valence-corrected chi connectivity index (χ0v) is 14.9. The van der Waals surface area contributed by atoms with Crippen LogP contribution in [0.5, 0.6) is 0 Å². The SMILES string of the molecule is Cc1oc(C)c(C(=O)Nc2ccc(Br)cc2Br)c1Br. The Morgan fingerprint density at radius 1 is 1.16 bits per heavy atom. The lowest BCUT2D eigenvalue weighted by molar-refractivity contribution is 0.102. The molecule has 0 fully saturated rings. The fourth-order valence-corrected chi connectivity index (χ4v) is 3.38. The fourth-order valence-electron chi connectivity index (χ4n) is 1.69. The van der Waals surface area contributed by atoms with Crippen LogP contribution in [-0.4, -0.2) is 5.91 Å². The minimum atomic E-state index is -0.204. The van der Waals surface area contributed by atoms with Gasteiger partial charge in [0.1, 0.15) is 11.5 Å². The molecule has 0 bridgehead atoms. The second-order valence-corrected chi connectivity index (χ2v) is 6.54. The Hall–Kier alpha value is -0.590. The number of hydrogen-bond donors (Lipinski definition) is 1. The normalized spacial score (nSPS) is 10.6. The Morgan fingerprint density at radius 2 is 1.84 bits per heavy atom.